The predicted molar refractivity (Wildman–Crippen MR) is 149 cm³/mol. The van der Waals surface area contributed by atoms with Crippen molar-refractivity contribution in [3.63, 3.8) is 0 Å². The Kier molecular flexibility index (Phi) is 7.41. The van der Waals surface area contributed by atoms with Crippen LogP contribution in [0.1, 0.15) is 56.2 Å². The van der Waals surface area contributed by atoms with E-state index in [1.807, 2.05) is 24.3 Å². The van der Waals surface area contributed by atoms with Gasteiger partial charge in [-0.1, -0.05) is 44.2 Å². The van der Waals surface area contributed by atoms with Gasteiger partial charge in [-0.3, -0.25) is 0 Å². The fourth-order valence-electron chi connectivity index (χ4n) is 5.36. The first-order valence-electron chi connectivity index (χ1n) is 11.0. The molecule has 0 radical (unpaired) electrons. The zero-order valence-corrected chi connectivity index (χ0v) is 24.9. The first-order valence-corrected chi connectivity index (χ1v) is 14.2. The van der Waals surface area contributed by atoms with Crippen molar-refractivity contribution >= 4 is 63.7 Å². The van der Waals surface area contributed by atoms with Gasteiger partial charge >= 0.3 is 0 Å². The van der Waals surface area contributed by atoms with E-state index in [9.17, 15) is 10.2 Å². The molecule has 0 aromatic heterocycles. The van der Waals surface area contributed by atoms with Crippen molar-refractivity contribution in [2.75, 3.05) is 0 Å². The molecular formula is C27H26Br4O2. The molecule has 1 saturated carbocycles. The third kappa shape index (κ3) is 4.70. The maximum atomic E-state index is 10.3. The van der Waals surface area contributed by atoms with Crippen LogP contribution in [0.15, 0.2) is 72.5 Å². The summed E-state index contributed by atoms with van der Waals surface area (Å²) in [6.07, 6.45) is 4.10. The lowest BCUT2D eigenvalue weighted by atomic mass is 9.58. The van der Waals surface area contributed by atoms with Crippen LogP contribution in [-0.2, 0) is 10.8 Å². The fourth-order valence-corrected chi connectivity index (χ4v) is 7.74. The summed E-state index contributed by atoms with van der Waals surface area (Å²) in [7, 11) is 0. The molecule has 0 amide bonds. The van der Waals surface area contributed by atoms with Crippen LogP contribution >= 0.6 is 63.7 Å². The van der Waals surface area contributed by atoms with Gasteiger partial charge in [0.15, 0.2) is 0 Å². The summed E-state index contributed by atoms with van der Waals surface area (Å²) >= 11 is 14.1. The van der Waals surface area contributed by atoms with Crippen LogP contribution in [-0.4, -0.2) is 10.2 Å². The average molecular weight is 702 g/mol. The highest BCUT2D eigenvalue weighted by Gasteiger charge is 2.43. The molecule has 0 unspecified atom stereocenters. The number of rotatable bonds is 4. The lowest BCUT2D eigenvalue weighted by Crippen LogP contribution is -2.39. The van der Waals surface area contributed by atoms with Crippen LogP contribution in [0.25, 0.3) is 0 Å². The SMILES string of the molecule is CC(C)(c1ccccc1)C1CCC(c2cc(Br)c(O)c(Br)c2)(c2cc(Br)c(O)c(Br)c2)CC1. The number of benzene rings is 3. The highest BCUT2D eigenvalue weighted by molar-refractivity contribution is 9.11. The minimum atomic E-state index is -0.235. The molecule has 1 aliphatic carbocycles. The van der Waals surface area contributed by atoms with Crippen LogP contribution in [0.3, 0.4) is 0 Å². The van der Waals surface area contributed by atoms with Gasteiger partial charge < -0.3 is 10.2 Å². The Morgan fingerprint density at radius 1 is 0.727 bits per heavy atom. The molecule has 3 aromatic rings. The van der Waals surface area contributed by atoms with Gasteiger partial charge in [0.25, 0.3) is 0 Å². The quantitative estimate of drug-likeness (QED) is 0.285. The van der Waals surface area contributed by atoms with Crippen LogP contribution in [0, 0.1) is 5.92 Å². The Bertz CT molecular complexity index is 1060. The standard InChI is InChI=1S/C27H26Br4O2/c1-26(2,16-6-4-3-5-7-16)17-8-10-27(11-9-17,18-12-20(28)24(32)21(29)13-18)19-14-22(30)25(33)23(31)15-19/h3-7,12-15,17,32-33H,8-11H2,1-2H3. The zero-order chi connectivity index (χ0) is 24.0. The molecule has 0 heterocycles. The van der Waals surface area contributed by atoms with Gasteiger partial charge in [0.2, 0.25) is 0 Å². The molecule has 0 spiro atoms. The molecule has 0 saturated heterocycles. The average Bonchev–Trinajstić information content (AvgIpc) is 2.81. The minimum absolute atomic E-state index is 0.0830. The predicted octanol–water partition coefficient (Wildman–Crippen LogP) is 9.60. The molecule has 0 bridgehead atoms. The van der Waals surface area contributed by atoms with Gasteiger partial charge in [-0.15, -0.1) is 0 Å². The summed E-state index contributed by atoms with van der Waals surface area (Å²) in [5, 5.41) is 20.7. The Morgan fingerprint density at radius 3 is 1.52 bits per heavy atom. The van der Waals surface area contributed by atoms with E-state index in [1.54, 1.807) is 0 Å². The third-order valence-corrected chi connectivity index (χ3v) is 9.93. The lowest BCUT2D eigenvalue weighted by molar-refractivity contribution is 0.188. The van der Waals surface area contributed by atoms with E-state index in [1.165, 1.54) is 5.56 Å². The smallest absolute Gasteiger partial charge is 0.143 e. The van der Waals surface area contributed by atoms with Gasteiger partial charge in [-0.25, -0.2) is 0 Å². The van der Waals surface area contributed by atoms with E-state index in [2.05, 4.69) is 108 Å². The van der Waals surface area contributed by atoms with Crippen molar-refractivity contribution in [3.8, 4) is 11.5 Å². The van der Waals surface area contributed by atoms with Crippen LogP contribution < -0.4 is 0 Å². The van der Waals surface area contributed by atoms with E-state index in [4.69, 9.17) is 0 Å². The fraction of sp³-hybridized carbons (Fsp3) is 0.333. The Labute approximate surface area is 229 Å². The second-order valence-corrected chi connectivity index (χ2v) is 12.9. The number of phenols is 2. The highest BCUT2D eigenvalue weighted by Crippen LogP contribution is 2.53. The van der Waals surface area contributed by atoms with E-state index in [-0.39, 0.29) is 22.3 Å². The Morgan fingerprint density at radius 2 is 1.12 bits per heavy atom. The van der Waals surface area contributed by atoms with Gasteiger partial charge in [0.1, 0.15) is 11.5 Å². The Hall–Kier alpha value is -0.820. The minimum Gasteiger partial charge on any atom is -0.506 e. The lowest BCUT2D eigenvalue weighted by Gasteiger charge is -2.46. The van der Waals surface area contributed by atoms with E-state index < -0.39 is 0 Å². The number of halogens is 4. The summed E-state index contributed by atoms with van der Waals surface area (Å²) in [4.78, 5) is 0. The molecule has 6 heteroatoms. The number of aromatic hydroxyl groups is 2. The maximum absolute atomic E-state index is 10.3. The molecule has 174 valence electrons. The van der Waals surface area contributed by atoms with Gasteiger partial charge in [0.05, 0.1) is 17.9 Å². The van der Waals surface area contributed by atoms with Crippen LogP contribution in [0.2, 0.25) is 0 Å². The number of hydrogen-bond acceptors (Lipinski definition) is 2. The second-order valence-electron chi connectivity index (χ2n) is 9.52. The summed E-state index contributed by atoms with van der Waals surface area (Å²) < 4.78 is 2.70. The monoisotopic (exact) mass is 698 g/mol. The highest BCUT2D eigenvalue weighted by atomic mass is 79.9. The van der Waals surface area contributed by atoms with Gasteiger partial charge in [-0.05, 0) is 142 Å². The van der Waals surface area contributed by atoms with Crippen LogP contribution in [0.5, 0.6) is 11.5 Å². The molecule has 3 aromatic carbocycles. The van der Waals surface area contributed by atoms with Gasteiger partial charge in [-0.2, -0.15) is 0 Å². The summed E-state index contributed by atoms with van der Waals surface area (Å²) in [6, 6.07) is 19.0. The van der Waals surface area contributed by atoms with Crippen molar-refractivity contribution < 1.29 is 10.2 Å². The summed E-state index contributed by atoms with van der Waals surface area (Å²) in [5.74, 6) is 0.975. The van der Waals surface area contributed by atoms with E-state index in [0.717, 1.165) is 36.8 Å². The zero-order valence-electron chi connectivity index (χ0n) is 18.5. The van der Waals surface area contributed by atoms with Gasteiger partial charge in [0, 0.05) is 5.41 Å². The van der Waals surface area contributed by atoms with Crippen LogP contribution in [0.4, 0.5) is 0 Å². The molecule has 1 fully saturated rings. The molecule has 1 aliphatic rings. The molecule has 4 rings (SSSR count). The van der Waals surface area contributed by atoms with Crippen molar-refractivity contribution in [1.82, 2.24) is 0 Å². The molecule has 33 heavy (non-hydrogen) atoms. The molecule has 2 nitrogen and oxygen atoms in total. The molecule has 0 atom stereocenters. The first-order chi connectivity index (χ1) is 15.6. The summed E-state index contributed by atoms with van der Waals surface area (Å²) in [5.41, 5.74) is 3.53. The third-order valence-electron chi connectivity index (χ3n) is 7.52. The Balaban J connectivity index is 1.78. The van der Waals surface area contributed by atoms with Crippen molar-refractivity contribution in [2.45, 2.75) is 50.4 Å². The number of phenolic OH excluding ortho intramolecular Hbond substituents is 2. The normalized spacial score (nSPS) is 16.7. The van der Waals surface area contributed by atoms with Crippen molar-refractivity contribution in [3.05, 3.63) is 89.2 Å². The number of hydrogen-bond donors (Lipinski definition) is 2. The summed E-state index contributed by atoms with van der Waals surface area (Å²) in [6.45, 7) is 4.73. The van der Waals surface area contributed by atoms with Crippen molar-refractivity contribution in [2.24, 2.45) is 5.92 Å². The van der Waals surface area contributed by atoms with E-state index in [0.29, 0.717) is 23.8 Å². The first kappa shape index (κ1) is 25.3. The van der Waals surface area contributed by atoms with E-state index >= 15 is 0 Å². The maximum Gasteiger partial charge on any atom is 0.143 e. The van der Waals surface area contributed by atoms with Crippen molar-refractivity contribution in [1.29, 1.82) is 0 Å². The molecule has 0 aliphatic heterocycles. The second kappa shape index (κ2) is 9.67. The largest absolute Gasteiger partial charge is 0.506 e. The molecular weight excluding hydrogens is 676 g/mol. The molecule has 2 N–H and O–H groups in total. The topological polar surface area (TPSA) is 40.5 Å².